The molecular formula is C21H21FN4O5S. The van der Waals surface area contributed by atoms with Crippen LogP contribution in [0.4, 0.5) is 15.2 Å². The maximum absolute atomic E-state index is 13.6. The third-order valence-corrected chi connectivity index (χ3v) is 5.01. The first kappa shape index (κ1) is 23.1. The fourth-order valence-electron chi connectivity index (χ4n) is 2.71. The molecule has 2 N–H and O–H groups in total. The Labute approximate surface area is 187 Å². The zero-order valence-electron chi connectivity index (χ0n) is 17.2. The summed E-state index contributed by atoms with van der Waals surface area (Å²) < 4.78 is 23.8. The molecular weight excluding hydrogens is 439 g/mol. The summed E-state index contributed by atoms with van der Waals surface area (Å²) >= 11 is 1.14. The summed E-state index contributed by atoms with van der Waals surface area (Å²) in [5.74, 6) is -1.75. The first-order chi connectivity index (χ1) is 15.5. The number of thiazole rings is 1. The maximum Gasteiger partial charge on any atom is 0.290 e. The largest absolute Gasteiger partial charge is 0.459 e. The summed E-state index contributed by atoms with van der Waals surface area (Å²) in [5.41, 5.74) is 0.501. The highest BCUT2D eigenvalue weighted by Gasteiger charge is 2.21. The van der Waals surface area contributed by atoms with Gasteiger partial charge in [-0.1, -0.05) is 12.1 Å². The van der Waals surface area contributed by atoms with Crippen molar-refractivity contribution < 1.29 is 27.9 Å². The van der Waals surface area contributed by atoms with Crippen molar-refractivity contribution in [3.8, 4) is 0 Å². The van der Waals surface area contributed by atoms with Gasteiger partial charge in [0.05, 0.1) is 30.7 Å². The molecule has 0 aliphatic heterocycles. The molecule has 0 unspecified atom stereocenters. The van der Waals surface area contributed by atoms with E-state index in [2.05, 4.69) is 15.6 Å². The summed E-state index contributed by atoms with van der Waals surface area (Å²) in [7, 11) is 1.50. The van der Waals surface area contributed by atoms with Gasteiger partial charge in [0, 0.05) is 19.0 Å². The molecule has 11 heteroatoms. The number of anilines is 2. The highest BCUT2D eigenvalue weighted by atomic mass is 32.1. The number of hydrogen-bond acceptors (Lipinski definition) is 7. The predicted octanol–water partition coefficient (Wildman–Crippen LogP) is 2.78. The Morgan fingerprint density at radius 2 is 1.97 bits per heavy atom. The van der Waals surface area contributed by atoms with Crippen molar-refractivity contribution in [2.45, 2.75) is 6.42 Å². The number of hydrogen-bond donors (Lipinski definition) is 2. The average Bonchev–Trinajstić information content (AvgIpc) is 3.44. The van der Waals surface area contributed by atoms with Gasteiger partial charge in [-0.3, -0.25) is 14.4 Å². The highest BCUT2D eigenvalue weighted by molar-refractivity contribution is 7.13. The number of carbonyl (C=O) groups is 3. The fraction of sp³-hybridized carbons (Fsp3) is 0.238. The average molecular weight is 460 g/mol. The monoisotopic (exact) mass is 460 g/mol. The van der Waals surface area contributed by atoms with Crippen molar-refractivity contribution >= 4 is 39.9 Å². The number of aromatic nitrogens is 1. The normalized spacial score (nSPS) is 10.6. The number of para-hydroxylation sites is 1. The van der Waals surface area contributed by atoms with Gasteiger partial charge in [0.1, 0.15) is 12.4 Å². The molecule has 1 aromatic carbocycles. The van der Waals surface area contributed by atoms with E-state index in [0.29, 0.717) is 5.69 Å². The molecule has 0 saturated carbocycles. The molecule has 0 atom stereocenters. The quantitative estimate of drug-likeness (QED) is 0.481. The van der Waals surface area contributed by atoms with Crippen LogP contribution in [-0.2, 0) is 20.7 Å². The second-order valence-corrected chi connectivity index (χ2v) is 7.45. The van der Waals surface area contributed by atoms with Crippen LogP contribution in [-0.4, -0.2) is 54.4 Å². The Kier molecular flexibility index (Phi) is 8.06. The summed E-state index contributed by atoms with van der Waals surface area (Å²) in [5, 5.41) is 6.99. The van der Waals surface area contributed by atoms with Crippen LogP contribution in [0.2, 0.25) is 0 Å². The van der Waals surface area contributed by atoms with Crippen LogP contribution in [0, 0.1) is 5.82 Å². The van der Waals surface area contributed by atoms with Crippen molar-refractivity contribution in [2.24, 2.45) is 0 Å². The zero-order valence-corrected chi connectivity index (χ0v) is 18.0. The van der Waals surface area contributed by atoms with Crippen molar-refractivity contribution in [3.05, 3.63) is 65.3 Å². The molecule has 9 nitrogen and oxygen atoms in total. The summed E-state index contributed by atoms with van der Waals surface area (Å²) in [6.07, 6.45) is 1.29. The zero-order chi connectivity index (χ0) is 22.9. The van der Waals surface area contributed by atoms with Gasteiger partial charge in [-0.05, 0) is 24.3 Å². The van der Waals surface area contributed by atoms with Gasteiger partial charge < -0.3 is 24.7 Å². The standard InChI is InChI=1S/C21H21FN4O5S/c1-30-10-8-26(20(29)17-7-4-9-31-17)12-19(28)25-21-23-14(13-32-21)11-18(27)24-16-6-3-2-5-15(16)22/h2-7,9,13H,8,10-12H2,1H3,(H,24,27)(H,23,25,28). The number of ether oxygens (including phenoxy) is 1. The van der Waals surface area contributed by atoms with E-state index in [9.17, 15) is 18.8 Å². The molecule has 0 radical (unpaired) electrons. The smallest absolute Gasteiger partial charge is 0.290 e. The van der Waals surface area contributed by atoms with Crippen molar-refractivity contribution in [1.82, 2.24) is 9.88 Å². The van der Waals surface area contributed by atoms with Crippen molar-refractivity contribution in [3.63, 3.8) is 0 Å². The lowest BCUT2D eigenvalue weighted by molar-refractivity contribution is -0.117. The first-order valence-electron chi connectivity index (χ1n) is 9.56. The van der Waals surface area contributed by atoms with Gasteiger partial charge in [-0.15, -0.1) is 11.3 Å². The number of rotatable bonds is 10. The molecule has 32 heavy (non-hydrogen) atoms. The highest BCUT2D eigenvalue weighted by Crippen LogP contribution is 2.17. The minimum Gasteiger partial charge on any atom is -0.459 e. The van der Waals surface area contributed by atoms with Crippen LogP contribution in [0.25, 0.3) is 0 Å². The number of benzene rings is 1. The van der Waals surface area contributed by atoms with Gasteiger partial charge in [0.2, 0.25) is 11.8 Å². The molecule has 0 bridgehead atoms. The molecule has 0 spiro atoms. The minimum atomic E-state index is -0.533. The molecule has 168 valence electrons. The molecule has 0 saturated heterocycles. The number of nitrogens with one attached hydrogen (secondary N) is 2. The minimum absolute atomic E-state index is 0.0821. The Balaban J connectivity index is 1.55. The van der Waals surface area contributed by atoms with Crippen molar-refractivity contribution in [2.75, 3.05) is 37.4 Å². The van der Waals surface area contributed by atoms with E-state index < -0.39 is 23.5 Å². The molecule has 3 rings (SSSR count). The van der Waals surface area contributed by atoms with Crippen LogP contribution in [0.5, 0.6) is 0 Å². The Morgan fingerprint density at radius 1 is 1.16 bits per heavy atom. The second kappa shape index (κ2) is 11.2. The molecule has 0 aliphatic rings. The molecule has 3 aromatic rings. The van der Waals surface area contributed by atoms with Crippen LogP contribution in [0.1, 0.15) is 16.2 Å². The number of carbonyl (C=O) groups excluding carboxylic acids is 3. The SMILES string of the molecule is COCCN(CC(=O)Nc1nc(CC(=O)Nc2ccccc2F)cs1)C(=O)c1ccco1. The van der Waals surface area contributed by atoms with E-state index in [1.807, 2.05) is 0 Å². The van der Waals surface area contributed by atoms with Crippen molar-refractivity contribution in [1.29, 1.82) is 0 Å². The number of halogens is 1. The lowest BCUT2D eigenvalue weighted by atomic mass is 10.2. The third-order valence-electron chi connectivity index (χ3n) is 4.21. The van der Waals surface area contributed by atoms with Crippen LogP contribution >= 0.6 is 11.3 Å². The summed E-state index contributed by atoms with van der Waals surface area (Å²) in [4.78, 5) is 42.6. The molecule has 0 fully saturated rings. The third kappa shape index (κ3) is 6.46. The van der Waals surface area contributed by atoms with Gasteiger partial charge in [0.15, 0.2) is 10.9 Å². The number of furan rings is 1. The summed E-state index contributed by atoms with van der Waals surface area (Å²) in [6.45, 7) is 0.215. The van der Waals surface area contributed by atoms with E-state index in [1.165, 1.54) is 42.5 Å². The van der Waals surface area contributed by atoms with Crippen LogP contribution < -0.4 is 10.6 Å². The lowest BCUT2D eigenvalue weighted by Gasteiger charge is -2.20. The first-order valence-corrected chi connectivity index (χ1v) is 10.4. The number of nitrogens with zero attached hydrogens (tertiary/aromatic N) is 2. The molecule has 2 heterocycles. The fourth-order valence-corrected chi connectivity index (χ4v) is 3.44. The van der Waals surface area contributed by atoms with Gasteiger partial charge in [-0.25, -0.2) is 9.37 Å². The topological polar surface area (TPSA) is 114 Å². The van der Waals surface area contributed by atoms with E-state index in [1.54, 1.807) is 17.5 Å². The van der Waals surface area contributed by atoms with Crippen LogP contribution in [0.3, 0.4) is 0 Å². The Hall–Kier alpha value is -3.57. The molecule has 3 amide bonds. The van der Waals surface area contributed by atoms with E-state index in [4.69, 9.17) is 9.15 Å². The Morgan fingerprint density at radius 3 is 2.69 bits per heavy atom. The summed E-state index contributed by atoms with van der Waals surface area (Å²) in [6, 6.07) is 8.94. The number of methoxy groups -OCH3 is 1. The van der Waals surface area contributed by atoms with E-state index >= 15 is 0 Å². The molecule has 0 aliphatic carbocycles. The lowest BCUT2D eigenvalue weighted by Crippen LogP contribution is -2.39. The number of amides is 3. The van der Waals surface area contributed by atoms with E-state index in [-0.39, 0.29) is 42.7 Å². The van der Waals surface area contributed by atoms with Gasteiger partial charge in [0.25, 0.3) is 5.91 Å². The molecule has 2 aromatic heterocycles. The van der Waals surface area contributed by atoms with Gasteiger partial charge >= 0.3 is 0 Å². The second-order valence-electron chi connectivity index (χ2n) is 6.59. The van der Waals surface area contributed by atoms with Gasteiger partial charge in [-0.2, -0.15) is 0 Å². The maximum atomic E-state index is 13.6. The van der Waals surface area contributed by atoms with Crippen LogP contribution in [0.15, 0.2) is 52.5 Å². The van der Waals surface area contributed by atoms with E-state index in [0.717, 1.165) is 11.3 Å². The predicted molar refractivity (Wildman–Crippen MR) is 116 cm³/mol. The Bertz CT molecular complexity index is 1070.